The smallest absolute Gasteiger partial charge is 0.225 e. The second kappa shape index (κ2) is 5.90. The minimum Gasteiger partial charge on any atom is -0.396 e. The van der Waals surface area contributed by atoms with E-state index in [4.69, 9.17) is 5.73 Å². The third kappa shape index (κ3) is 3.07. The fraction of sp³-hybridized carbons (Fsp3) is 0.375. The van der Waals surface area contributed by atoms with Crippen LogP contribution in [0.1, 0.15) is 18.4 Å². The van der Waals surface area contributed by atoms with Crippen molar-refractivity contribution >= 4 is 11.6 Å². The number of rotatable bonds is 3. The van der Waals surface area contributed by atoms with Gasteiger partial charge < -0.3 is 10.6 Å². The lowest BCUT2D eigenvalue weighted by atomic mass is 9.90. The molecular formula is C16H20N4. The summed E-state index contributed by atoms with van der Waals surface area (Å²) in [5, 5.41) is 0. The van der Waals surface area contributed by atoms with E-state index in [2.05, 4.69) is 45.2 Å². The summed E-state index contributed by atoms with van der Waals surface area (Å²) in [6.45, 7) is 2.06. The van der Waals surface area contributed by atoms with Crippen molar-refractivity contribution in [1.29, 1.82) is 0 Å². The number of nitrogen functional groups attached to an aromatic ring is 1. The van der Waals surface area contributed by atoms with Crippen LogP contribution in [0.4, 0.5) is 11.6 Å². The first-order chi connectivity index (χ1) is 9.81. The van der Waals surface area contributed by atoms with Crippen LogP contribution in [0.25, 0.3) is 0 Å². The molecule has 3 rings (SSSR count). The molecule has 0 unspecified atom stereocenters. The van der Waals surface area contributed by atoms with Gasteiger partial charge in [-0.05, 0) is 30.7 Å². The van der Waals surface area contributed by atoms with Gasteiger partial charge in [0.05, 0.1) is 18.1 Å². The number of hydrogen-bond acceptors (Lipinski definition) is 4. The Morgan fingerprint density at radius 2 is 1.70 bits per heavy atom. The van der Waals surface area contributed by atoms with Gasteiger partial charge in [-0.1, -0.05) is 30.3 Å². The largest absolute Gasteiger partial charge is 0.396 e. The zero-order valence-corrected chi connectivity index (χ0v) is 11.6. The molecule has 1 fully saturated rings. The molecule has 0 spiro atoms. The number of piperidine rings is 1. The van der Waals surface area contributed by atoms with E-state index < -0.39 is 0 Å². The van der Waals surface area contributed by atoms with Crippen molar-refractivity contribution in [1.82, 2.24) is 9.97 Å². The van der Waals surface area contributed by atoms with E-state index >= 15 is 0 Å². The van der Waals surface area contributed by atoms with Crippen molar-refractivity contribution in [2.45, 2.75) is 19.3 Å². The molecule has 0 amide bonds. The Morgan fingerprint density at radius 1 is 1.05 bits per heavy atom. The summed E-state index contributed by atoms with van der Waals surface area (Å²) in [6, 6.07) is 10.7. The Balaban J connectivity index is 1.55. The topological polar surface area (TPSA) is 55.0 Å². The fourth-order valence-corrected chi connectivity index (χ4v) is 2.78. The summed E-state index contributed by atoms with van der Waals surface area (Å²) in [7, 11) is 0. The summed E-state index contributed by atoms with van der Waals surface area (Å²) in [4.78, 5) is 10.9. The fourth-order valence-electron chi connectivity index (χ4n) is 2.78. The lowest BCUT2D eigenvalue weighted by Gasteiger charge is -2.32. The third-order valence-corrected chi connectivity index (χ3v) is 3.92. The Kier molecular flexibility index (Phi) is 3.81. The van der Waals surface area contributed by atoms with E-state index in [9.17, 15) is 0 Å². The van der Waals surface area contributed by atoms with Crippen LogP contribution in [0, 0.1) is 5.92 Å². The highest BCUT2D eigenvalue weighted by molar-refractivity contribution is 5.38. The summed E-state index contributed by atoms with van der Waals surface area (Å²) in [6.07, 6.45) is 6.93. The minimum atomic E-state index is 0.618. The number of hydrogen-bond donors (Lipinski definition) is 1. The molecule has 2 aromatic rings. The molecule has 4 heteroatoms. The van der Waals surface area contributed by atoms with Crippen LogP contribution in [0.5, 0.6) is 0 Å². The minimum absolute atomic E-state index is 0.618. The molecule has 1 aliphatic heterocycles. The molecule has 20 heavy (non-hydrogen) atoms. The van der Waals surface area contributed by atoms with E-state index in [1.165, 1.54) is 24.8 Å². The molecule has 0 aliphatic carbocycles. The second-order valence-electron chi connectivity index (χ2n) is 5.44. The van der Waals surface area contributed by atoms with Crippen LogP contribution < -0.4 is 10.6 Å². The molecule has 1 aliphatic rings. The number of anilines is 2. The van der Waals surface area contributed by atoms with Gasteiger partial charge in [0, 0.05) is 13.1 Å². The Hall–Kier alpha value is -2.10. The molecule has 1 aromatic carbocycles. The molecule has 2 N–H and O–H groups in total. The Labute approximate surface area is 119 Å². The summed E-state index contributed by atoms with van der Waals surface area (Å²) >= 11 is 0. The van der Waals surface area contributed by atoms with Gasteiger partial charge in [-0.3, -0.25) is 0 Å². The van der Waals surface area contributed by atoms with Gasteiger partial charge >= 0.3 is 0 Å². The molecule has 2 heterocycles. The van der Waals surface area contributed by atoms with Crippen molar-refractivity contribution in [3.05, 3.63) is 48.3 Å². The predicted molar refractivity (Wildman–Crippen MR) is 81.5 cm³/mol. The monoisotopic (exact) mass is 268 g/mol. The molecule has 104 valence electrons. The second-order valence-corrected chi connectivity index (χ2v) is 5.44. The lowest BCUT2D eigenvalue weighted by molar-refractivity contribution is 0.400. The number of nitrogens with two attached hydrogens (primary N) is 1. The molecule has 0 radical (unpaired) electrons. The van der Waals surface area contributed by atoms with Crippen LogP contribution in [0.2, 0.25) is 0 Å². The van der Waals surface area contributed by atoms with Crippen molar-refractivity contribution in [3.63, 3.8) is 0 Å². The average molecular weight is 268 g/mol. The third-order valence-electron chi connectivity index (χ3n) is 3.92. The number of aromatic nitrogens is 2. The predicted octanol–water partition coefficient (Wildman–Crippen LogP) is 2.52. The van der Waals surface area contributed by atoms with Crippen molar-refractivity contribution in [3.8, 4) is 0 Å². The van der Waals surface area contributed by atoms with Crippen molar-refractivity contribution < 1.29 is 0 Å². The highest BCUT2D eigenvalue weighted by Gasteiger charge is 2.20. The summed E-state index contributed by atoms with van der Waals surface area (Å²) < 4.78 is 0. The lowest BCUT2D eigenvalue weighted by Crippen LogP contribution is -2.35. The van der Waals surface area contributed by atoms with Gasteiger partial charge in [0.2, 0.25) is 5.95 Å². The van der Waals surface area contributed by atoms with Gasteiger partial charge in [0.1, 0.15) is 0 Å². The quantitative estimate of drug-likeness (QED) is 0.929. The SMILES string of the molecule is Nc1cnc(N2CCC(Cc3ccccc3)CC2)nc1. The summed E-state index contributed by atoms with van der Waals surface area (Å²) in [5.41, 5.74) is 7.68. The average Bonchev–Trinajstić information content (AvgIpc) is 2.50. The molecular weight excluding hydrogens is 248 g/mol. The van der Waals surface area contributed by atoms with Crippen LogP contribution in [-0.4, -0.2) is 23.1 Å². The van der Waals surface area contributed by atoms with Crippen molar-refractivity contribution in [2.75, 3.05) is 23.7 Å². The van der Waals surface area contributed by atoms with E-state index in [0.29, 0.717) is 5.69 Å². The zero-order chi connectivity index (χ0) is 13.8. The maximum absolute atomic E-state index is 5.62. The molecule has 0 saturated carbocycles. The Morgan fingerprint density at radius 3 is 2.35 bits per heavy atom. The van der Waals surface area contributed by atoms with Gasteiger partial charge in [-0.2, -0.15) is 0 Å². The molecule has 1 aromatic heterocycles. The normalized spacial score (nSPS) is 16.3. The molecule has 0 bridgehead atoms. The maximum Gasteiger partial charge on any atom is 0.225 e. The van der Waals surface area contributed by atoms with E-state index in [0.717, 1.165) is 25.0 Å². The molecule has 0 atom stereocenters. The summed E-state index contributed by atoms with van der Waals surface area (Å²) in [5.74, 6) is 1.57. The van der Waals surface area contributed by atoms with Gasteiger partial charge in [0.15, 0.2) is 0 Å². The van der Waals surface area contributed by atoms with Crippen LogP contribution >= 0.6 is 0 Å². The maximum atomic E-state index is 5.62. The van der Waals surface area contributed by atoms with Gasteiger partial charge in [0.25, 0.3) is 0 Å². The highest BCUT2D eigenvalue weighted by atomic mass is 15.2. The first kappa shape index (κ1) is 12.9. The van der Waals surface area contributed by atoms with Gasteiger partial charge in [-0.15, -0.1) is 0 Å². The van der Waals surface area contributed by atoms with E-state index in [1.807, 2.05) is 0 Å². The van der Waals surface area contributed by atoms with Crippen LogP contribution in [-0.2, 0) is 6.42 Å². The number of benzene rings is 1. The number of nitrogens with zero attached hydrogens (tertiary/aromatic N) is 3. The first-order valence-electron chi connectivity index (χ1n) is 7.17. The van der Waals surface area contributed by atoms with Gasteiger partial charge in [-0.25, -0.2) is 9.97 Å². The standard InChI is InChI=1S/C16H20N4/c17-15-11-18-16(19-12-15)20-8-6-14(7-9-20)10-13-4-2-1-3-5-13/h1-5,11-12,14H,6-10,17H2. The molecule has 1 saturated heterocycles. The van der Waals surface area contributed by atoms with E-state index in [1.54, 1.807) is 12.4 Å². The highest BCUT2D eigenvalue weighted by Crippen LogP contribution is 2.23. The Bertz CT molecular complexity index is 530. The van der Waals surface area contributed by atoms with E-state index in [-0.39, 0.29) is 0 Å². The van der Waals surface area contributed by atoms with Crippen LogP contribution in [0.3, 0.4) is 0 Å². The first-order valence-corrected chi connectivity index (χ1v) is 7.17. The van der Waals surface area contributed by atoms with Crippen LogP contribution in [0.15, 0.2) is 42.7 Å². The van der Waals surface area contributed by atoms with Crippen molar-refractivity contribution in [2.24, 2.45) is 5.92 Å². The zero-order valence-electron chi connectivity index (χ0n) is 11.6. The molecule has 4 nitrogen and oxygen atoms in total.